The maximum atomic E-state index is 5.91. The number of ether oxygens (including phenoxy) is 2. The predicted molar refractivity (Wildman–Crippen MR) is 109 cm³/mol. The van der Waals surface area contributed by atoms with Crippen molar-refractivity contribution >= 4 is 23.4 Å². The number of nitrogens with one attached hydrogen (secondary N) is 1. The summed E-state index contributed by atoms with van der Waals surface area (Å²) in [6, 6.07) is 12.8. The fraction of sp³-hybridized carbons (Fsp3) is 0.158. The fourth-order valence-electron chi connectivity index (χ4n) is 2.58. The number of H-pyrrole nitrogens is 1. The largest absolute Gasteiger partial charge is 0.493 e. The molecule has 0 atom stereocenters. The minimum Gasteiger partial charge on any atom is -0.493 e. The topological polar surface area (TPSA) is 99.0 Å². The number of benzene rings is 2. The van der Waals surface area contributed by atoms with Gasteiger partial charge in [-0.2, -0.15) is 4.98 Å². The summed E-state index contributed by atoms with van der Waals surface area (Å²) in [4.78, 5) is 8.89. The molecule has 148 valence electrons. The van der Waals surface area contributed by atoms with E-state index in [0.717, 1.165) is 11.1 Å². The summed E-state index contributed by atoms with van der Waals surface area (Å²) in [5.41, 5.74) is 1.67. The van der Waals surface area contributed by atoms with Gasteiger partial charge in [0, 0.05) is 16.1 Å². The number of rotatable bonds is 7. The third kappa shape index (κ3) is 4.36. The smallest absolute Gasteiger partial charge is 0.237 e. The molecule has 29 heavy (non-hydrogen) atoms. The highest BCUT2D eigenvalue weighted by atomic mass is 35.5. The van der Waals surface area contributed by atoms with Crippen LogP contribution in [-0.4, -0.2) is 39.5 Å². The summed E-state index contributed by atoms with van der Waals surface area (Å²) in [5, 5.41) is 12.4. The Morgan fingerprint density at radius 3 is 2.52 bits per heavy atom. The van der Waals surface area contributed by atoms with E-state index in [2.05, 4.69) is 25.3 Å². The van der Waals surface area contributed by atoms with E-state index >= 15 is 0 Å². The molecule has 2 heterocycles. The van der Waals surface area contributed by atoms with Crippen molar-refractivity contribution in [2.24, 2.45) is 0 Å². The molecule has 1 N–H and O–H groups in total. The van der Waals surface area contributed by atoms with Crippen LogP contribution in [0.5, 0.6) is 11.5 Å². The van der Waals surface area contributed by atoms with Crippen LogP contribution in [0.15, 0.2) is 52.1 Å². The van der Waals surface area contributed by atoms with Crippen molar-refractivity contribution in [3.63, 3.8) is 0 Å². The second-order valence-electron chi connectivity index (χ2n) is 5.84. The molecule has 2 aromatic carbocycles. The van der Waals surface area contributed by atoms with Gasteiger partial charge in [0.05, 0.1) is 20.0 Å². The minimum absolute atomic E-state index is 0.443. The molecule has 4 aromatic rings. The molecule has 2 aromatic heterocycles. The molecular formula is C19H16ClN5O3S. The van der Waals surface area contributed by atoms with Gasteiger partial charge in [-0.05, 0) is 42.5 Å². The van der Waals surface area contributed by atoms with Gasteiger partial charge in [-0.3, -0.25) is 5.10 Å². The molecule has 0 saturated carbocycles. The monoisotopic (exact) mass is 429 g/mol. The Morgan fingerprint density at radius 1 is 1.00 bits per heavy atom. The quantitative estimate of drug-likeness (QED) is 0.429. The molecule has 10 heteroatoms. The first kappa shape index (κ1) is 19.3. The van der Waals surface area contributed by atoms with Crippen molar-refractivity contribution in [2.75, 3.05) is 14.2 Å². The lowest BCUT2D eigenvalue weighted by Gasteiger charge is -2.07. The molecule has 4 rings (SSSR count). The molecule has 0 unspecified atom stereocenters. The van der Waals surface area contributed by atoms with Gasteiger partial charge in [0.2, 0.25) is 16.9 Å². The van der Waals surface area contributed by atoms with E-state index in [0.29, 0.717) is 45.0 Å². The van der Waals surface area contributed by atoms with E-state index in [-0.39, 0.29) is 0 Å². The first-order chi connectivity index (χ1) is 14.2. The second-order valence-corrected chi connectivity index (χ2v) is 7.22. The van der Waals surface area contributed by atoms with Crippen molar-refractivity contribution in [3.8, 4) is 34.3 Å². The molecule has 0 aliphatic heterocycles. The Labute approximate surface area is 175 Å². The molecule has 0 aliphatic rings. The van der Waals surface area contributed by atoms with Crippen LogP contribution >= 0.6 is 23.4 Å². The van der Waals surface area contributed by atoms with Gasteiger partial charge < -0.3 is 14.0 Å². The summed E-state index contributed by atoms with van der Waals surface area (Å²) >= 11 is 7.31. The highest BCUT2D eigenvalue weighted by Crippen LogP contribution is 2.31. The number of hydrogen-bond acceptors (Lipinski definition) is 8. The van der Waals surface area contributed by atoms with Gasteiger partial charge in [-0.1, -0.05) is 28.5 Å². The van der Waals surface area contributed by atoms with E-state index in [4.69, 9.17) is 25.6 Å². The van der Waals surface area contributed by atoms with Crippen LogP contribution in [0.3, 0.4) is 0 Å². The molecule has 0 amide bonds. The lowest BCUT2D eigenvalue weighted by Crippen LogP contribution is -1.91. The highest BCUT2D eigenvalue weighted by molar-refractivity contribution is 7.98. The predicted octanol–water partition coefficient (Wildman–Crippen LogP) is 4.48. The lowest BCUT2D eigenvalue weighted by molar-refractivity contribution is 0.355. The van der Waals surface area contributed by atoms with E-state index in [9.17, 15) is 0 Å². The van der Waals surface area contributed by atoms with Crippen molar-refractivity contribution in [3.05, 3.63) is 53.4 Å². The molecule has 0 fully saturated rings. The van der Waals surface area contributed by atoms with Crippen LogP contribution < -0.4 is 9.47 Å². The molecular weight excluding hydrogens is 414 g/mol. The number of nitrogens with zero attached hydrogens (tertiary/aromatic N) is 4. The Hall–Kier alpha value is -3.04. The average Bonchev–Trinajstić information content (AvgIpc) is 3.42. The summed E-state index contributed by atoms with van der Waals surface area (Å²) in [6.07, 6.45) is 0. The molecule has 0 saturated heterocycles. The van der Waals surface area contributed by atoms with Crippen LogP contribution in [0.4, 0.5) is 0 Å². The molecule has 0 radical (unpaired) electrons. The number of aromatic amines is 1. The average molecular weight is 430 g/mol. The van der Waals surface area contributed by atoms with E-state index in [1.54, 1.807) is 38.5 Å². The van der Waals surface area contributed by atoms with Crippen molar-refractivity contribution < 1.29 is 14.0 Å². The van der Waals surface area contributed by atoms with Crippen LogP contribution in [0.25, 0.3) is 22.8 Å². The summed E-state index contributed by atoms with van der Waals surface area (Å²) < 4.78 is 15.9. The maximum Gasteiger partial charge on any atom is 0.237 e. The third-order valence-corrected chi connectivity index (χ3v) is 5.10. The number of hydrogen-bond donors (Lipinski definition) is 1. The van der Waals surface area contributed by atoms with Crippen LogP contribution in [0.1, 0.15) is 5.89 Å². The molecule has 0 bridgehead atoms. The number of methoxy groups -OCH3 is 2. The zero-order chi connectivity index (χ0) is 20.2. The van der Waals surface area contributed by atoms with Gasteiger partial charge in [0.1, 0.15) is 0 Å². The number of thioether (sulfide) groups is 1. The normalized spacial score (nSPS) is 10.9. The van der Waals surface area contributed by atoms with Crippen molar-refractivity contribution in [1.29, 1.82) is 0 Å². The van der Waals surface area contributed by atoms with E-state index < -0.39 is 0 Å². The third-order valence-electron chi connectivity index (χ3n) is 4.02. The van der Waals surface area contributed by atoms with E-state index in [1.807, 2.05) is 18.2 Å². The highest BCUT2D eigenvalue weighted by Gasteiger charge is 2.14. The maximum absolute atomic E-state index is 5.91. The first-order valence-corrected chi connectivity index (χ1v) is 9.88. The van der Waals surface area contributed by atoms with Gasteiger partial charge >= 0.3 is 0 Å². The lowest BCUT2D eigenvalue weighted by atomic mass is 10.2. The first-order valence-electron chi connectivity index (χ1n) is 8.52. The Balaban J connectivity index is 1.43. The number of aromatic nitrogens is 5. The van der Waals surface area contributed by atoms with Gasteiger partial charge in [-0.25, -0.2) is 4.98 Å². The standard InChI is InChI=1S/C19H16ClN5O3S/c1-26-14-8-5-12(9-15(14)27-2)18-21-16(28-25-18)10-29-19-22-17(23-24-19)11-3-6-13(20)7-4-11/h3-9H,10H2,1-2H3,(H,22,23,24). The zero-order valence-corrected chi connectivity index (χ0v) is 17.1. The van der Waals surface area contributed by atoms with Gasteiger partial charge in [0.15, 0.2) is 17.3 Å². The number of halogens is 1. The second kappa shape index (κ2) is 8.54. The summed E-state index contributed by atoms with van der Waals surface area (Å²) in [6.45, 7) is 0. The Morgan fingerprint density at radius 2 is 1.76 bits per heavy atom. The van der Waals surface area contributed by atoms with Crippen LogP contribution in [0, 0.1) is 0 Å². The summed E-state index contributed by atoms with van der Waals surface area (Å²) in [7, 11) is 3.16. The molecule has 8 nitrogen and oxygen atoms in total. The Kier molecular flexibility index (Phi) is 5.68. The Bertz CT molecular complexity index is 1110. The fourth-order valence-corrected chi connectivity index (χ4v) is 3.34. The van der Waals surface area contributed by atoms with E-state index in [1.165, 1.54) is 11.8 Å². The minimum atomic E-state index is 0.443. The van der Waals surface area contributed by atoms with Crippen LogP contribution in [-0.2, 0) is 5.75 Å². The summed E-state index contributed by atoms with van der Waals surface area (Å²) in [5.74, 6) is 3.28. The molecule has 0 spiro atoms. The van der Waals surface area contributed by atoms with Crippen molar-refractivity contribution in [2.45, 2.75) is 10.9 Å². The van der Waals surface area contributed by atoms with Crippen molar-refractivity contribution in [1.82, 2.24) is 25.3 Å². The SMILES string of the molecule is COc1ccc(-c2noc(CSc3n[nH]c(-c4ccc(Cl)cc4)n3)n2)cc1OC. The van der Waals surface area contributed by atoms with Crippen LogP contribution in [0.2, 0.25) is 5.02 Å². The van der Waals surface area contributed by atoms with Gasteiger partial charge in [0.25, 0.3) is 0 Å². The zero-order valence-electron chi connectivity index (χ0n) is 15.5. The molecule has 0 aliphatic carbocycles. The van der Waals surface area contributed by atoms with Gasteiger partial charge in [-0.15, -0.1) is 5.10 Å².